The molecule has 3 rings (SSSR count). The molecule has 4 nitrogen and oxygen atoms in total. The summed E-state index contributed by atoms with van der Waals surface area (Å²) in [6.07, 6.45) is 0. The lowest BCUT2D eigenvalue weighted by Gasteiger charge is -2.34. The number of hydrogen-bond donors (Lipinski definition) is 1. The Balaban J connectivity index is 1.71. The predicted octanol–water partition coefficient (Wildman–Crippen LogP) is 3.97. The maximum Gasteiger partial charge on any atom is 0.252 e. The molecule has 1 saturated heterocycles. The highest BCUT2D eigenvalue weighted by molar-refractivity contribution is 9.10. The second kappa shape index (κ2) is 8.45. The third-order valence-corrected chi connectivity index (χ3v) is 5.57. The minimum absolute atomic E-state index is 0.148. The van der Waals surface area contributed by atoms with E-state index < -0.39 is 0 Å². The Bertz CT molecular complexity index is 690. The number of carbonyl (C=O) groups excluding carboxylic acids is 1. The van der Waals surface area contributed by atoms with Crippen LogP contribution in [0.1, 0.15) is 22.0 Å². The zero-order valence-corrected chi connectivity index (χ0v) is 16.2. The van der Waals surface area contributed by atoms with Crippen LogP contribution in [0.5, 0.6) is 0 Å². The minimum atomic E-state index is -0.158. The van der Waals surface area contributed by atoms with E-state index in [4.69, 9.17) is 16.3 Å². The van der Waals surface area contributed by atoms with Crippen molar-refractivity contribution in [3.63, 3.8) is 0 Å². The number of carbonyl (C=O) groups is 1. The van der Waals surface area contributed by atoms with Gasteiger partial charge in [-0.05, 0) is 40.6 Å². The van der Waals surface area contributed by atoms with Crippen molar-refractivity contribution < 1.29 is 9.53 Å². The van der Waals surface area contributed by atoms with E-state index in [1.807, 2.05) is 6.07 Å². The molecule has 2 aromatic rings. The Hall–Kier alpha value is -0.920. The molecule has 1 aromatic heterocycles. The molecule has 0 aliphatic carbocycles. The molecule has 0 bridgehead atoms. The number of morpholine rings is 1. The van der Waals surface area contributed by atoms with Gasteiger partial charge in [-0.25, -0.2) is 0 Å². The average molecular weight is 430 g/mol. The van der Waals surface area contributed by atoms with E-state index in [0.717, 1.165) is 30.8 Å². The molecular weight excluding hydrogens is 412 g/mol. The molecule has 1 fully saturated rings. The molecule has 7 heteroatoms. The quantitative estimate of drug-likeness (QED) is 0.782. The molecule has 2 heterocycles. The SMILES string of the molecule is O=C(NCC(c1ccsc1)N1CCOCC1)c1cc(Br)ccc1Cl. The summed E-state index contributed by atoms with van der Waals surface area (Å²) < 4.78 is 6.27. The summed E-state index contributed by atoms with van der Waals surface area (Å²) in [4.78, 5) is 14.9. The number of nitrogens with zero attached hydrogens (tertiary/aromatic N) is 1. The van der Waals surface area contributed by atoms with Gasteiger partial charge in [0, 0.05) is 24.1 Å². The normalized spacial score (nSPS) is 16.8. The van der Waals surface area contributed by atoms with Gasteiger partial charge in [-0.15, -0.1) is 0 Å². The minimum Gasteiger partial charge on any atom is -0.379 e. The predicted molar refractivity (Wildman–Crippen MR) is 101 cm³/mol. The van der Waals surface area contributed by atoms with Crippen LogP contribution in [-0.2, 0) is 4.74 Å². The molecule has 1 aromatic carbocycles. The summed E-state index contributed by atoms with van der Waals surface area (Å²) in [7, 11) is 0. The maximum absolute atomic E-state index is 12.5. The monoisotopic (exact) mass is 428 g/mol. The highest BCUT2D eigenvalue weighted by Gasteiger charge is 2.24. The molecule has 0 spiro atoms. The summed E-state index contributed by atoms with van der Waals surface area (Å²) in [5.74, 6) is -0.158. The van der Waals surface area contributed by atoms with Crippen molar-refractivity contribution in [2.75, 3.05) is 32.8 Å². The molecule has 0 radical (unpaired) electrons. The van der Waals surface area contributed by atoms with Crippen molar-refractivity contribution in [1.29, 1.82) is 0 Å². The smallest absolute Gasteiger partial charge is 0.252 e. The average Bonchev–Trinajstić information content (AvgIpc) is 3.12. The van der Waals surface area contributed by atoms with Gasteiger partial charge >= 0.3 is 0 Å². The van der Waals surface area contributed by atoms with E-state index >= 15 is 0 Å². The Morgan fingerprint density at radius 1 is 1.38 bits per heavy atom. The number of amides is 1. The van der Waals surface area contributed by atoms with E-state index in [1.54, 1.807) is 23.5 Å². The van der Waals surface area contributed by atoms with Crippen LogP contribution < -0.4 is 5.32 Å². The summed E-state index contributed by atoms with van der Waals surface area (Å²) in [6.45, 7) is 3.73. The first-order valence-corrected chi connectivity index (χ1v) is 9.83. The lowest BCUT2D eigenvalue weighted by molar-refractivity contribution is 0.0163. The third-order valence-electron chi connectivity index (χ3n) is 4.04. The van der Waals surface area contributed by atoms with E-state index in [9.17, 15) is 4.79 Å². The summed E-state index contributed by atoms with van der Waals surface area (Å²) >= 11 is 11.2. The lowest BCUT2D eigenvalue weighted by Crippen LogP contribution is -2.43. The molecule has 1 aliphatic rings. The molecule has 1 atom stereocenters. The molecule has 1 unspecified atom stereocenters. The highest BCUT2D eigenvalue weighted by atomic mass is 79.9. The van der Waals surface area contributed by atoms with Crippen LogP contribution in [0.25, 0.3) is 0 Å². The van der Waals surface area contributed by atoms with Gasteiger partial charge in [0.1, 0.15) is 0 Å². The van der Waals surface area contributed by atoms with Crippen LogP contribution >= 0.6 is 38.9 Å². The van der Waals surface area contributed by atoms with Gasteiger partial charge in [0.05, 0.1) is 29.8 Å². The molecule has 1 aliphatic heterocycles. The fourth-order valence-electron chi connectivity index (χ4n) is 2.77. The van der Waals surface area contributed by atoms with Crippen LogP contribution in [0, 0.1) is 0 Å². The zero-order valence-electron chi connectivity index (χ0n) is 13.0. The molecule has 1 amide bonds. The fraction of sp³-hybridized carbons (Fsp3) is 0.353. The third kappa shape index (κ3) is 4.37. The van der Waals surface area contributed by atoms with Gasteiger partial charge in [-0.1, -0.05) is 27.5 Å². The number of ether oxygens (including phenoxy) is 1. The van der Waals surface area contributed by atoms with Crippen molar-refractivity contribution >= 4 is 44.8 Å². The topological polar surface area (TPSA) is 41.6 Å². The Kier molecular flexibility index (Phi) is 6.30. The van der Waals surface area contributed by atoms with Crippen LogP contribution in [-0.4, -0.2) is 43.7 Å². The number of halogens is 2. The van der Waals surface area contributed by atoms with Crippen molar-refractivity contribution in [2.45, 2.75) is 6.04 Å². The summed E-state index contributed by atoms with van der Waals surface area (Å²) in [5.41, 5.74) is 1.71. The van der Waals surface area contributed by atoms with E-state index in [0.29, 0.717) is 17.1 Å². The Morgan fingerprint density at radius 2 is 2.17 bits per heavy atom. The van der Waals surface area contributed by atoms with Crippen molar-refractivity contribution in [2.24, 2.45) is 0 Å². The number of thiophene rings is 1. The van der Waals surface area contributed by atoms with E-state index in [-0.39, 0.29) is 11.9 Å². The fourth-order valence-corrected chi connectivity index (χ4v) is 4.04. The number of nitrogens with one attached hydrogen (secondary N) is 1. The first kappa shape index (κ1) is 17.9. The molecule has 24 heavy (non-hydrogen) atoms. The number of benzene rings is 1. The Morgan fingerprint density at radius 3 is 2.88 bits per heavy atom. The Labute approximate surface area is 158 Å². The van der Waals surface area contributed by atoms with Crippen LogP contribution in [0.3, 0.4) is 0 Å². The zero-order chi connectivity index (χ0) is 16.9. The van der Waals surface area contributed by atoms with Crippen LogP contribution in [0.2, 0.25) is 5.02 Å². The van der Waals surface area contributed by atoms with Gasteiger partial charge < -0.3 is 10.1 Å². The summed E-state index contributed by atoms with van der Waals surface area (Å²) in [5, 5.41) is 7.69. The van der Waals surface area contributed by atoms with Crippen LogP contribution in [0.4, 0.5) is 0 Å². The highest BCUT2D eigenvalue weighted by Crippen LogP contribution is 2.24. The number of rotatable bonds is 5. The van der Waals surface area contributed by atoms with Crippen molar-refractivity contribution in [1.82, 2.24) is 10.2 Å². The molecule has 128 valence electrons. The largest absolute Gasteiger partial charge is 0.379 e. The standard InChI is InChI=1S/C17H18BrClN2O2S/c18-13-1-2-15(19)14(9-13)17(22)20-10-16(12-3-8-24-11-12)21-4-6-23-7-5-21/h1-3,8-9,11,16H,4-7,10H2,(H,20,22). The van der Waals surface area contributed by atoms with Crippen molar-refractivity contribution in [3.05, 3.63) is 55.6 Å². The first-order valence-electron chi connectivity index (χ1n) is 7.72. The van der Waals surface area contributed by atoms with Gasteiger partial charge in [0.15, 0.2) is 0 Å². The van der Waals surface area contributed by atoms with Gasteiger partial charge in [-0.3, -0.25) is 9.69 Å². The van der Waals surface area contributed by atoms with Crippen LogP contribution in [0.15, 0.2) is 39.5 Å². The second-order valence-corrected chi connectivity index (χ2v) is 7.66. The molecule has 0 saturated carbocycles. The van der Waals surface area contributed by atoms with Gasteiger partial charge in [0.2, 0.25) is 0 Å². The van der Waals surface area contributed by atoms with Gasteiger partial charge in [0.25, 0.3) is 5.91 Å². The second-order valence-electron chi connectivity index (χ2n) is 5.56. The summed E-state index contributed by atoms with van der Waals surface area (Å²) in [6, 6.07) is 7.55. The molecular formula is C17H18BrClN2O2S. The van der Waals surface area contributed by atoms with E-state index in [1.165, 1.54) is 5.56 Å². The lowest BCUT2D eigenvalue weighted by atomic mass is 10.1. The van der Waals surface area contributed by atoms with Crippen molar-refractivity contribution in [3.8, 4) is 0 Å². The van der Waals surface area contributed by atoms with E-state index in [2.05, 4.69) is 43.0 Å². The van der Waals surface area contributed by atoms with Gasteiger partial charge in [-0.2, -0.15) is 11.3 Å². The number of hydrogen-bond acceptors (Lipinski definition) is 4. The maximum atomic E-state index is 12.5. The first-order chi connectivity index (χ1) is 11.6. The molecule has 1 N–H and O–H groups in total.